The Morgan fingerprint density at radius 1 is 0.688 bits per heavy atom. The second kappa shape index (κ2) is 36.7. The predicted molar refractivity (Wildman–Crippen MR) is 305 cm³/mol. The molecule has 0 amide bonds. The number of benzene rings is 4. The van der Waals surface area contributed by atoms with E-state index in [2.05, 4.69) is 70.4 Å². The van der Waals surface area contributed by atoms with Gasteiger partial charge in [-0.25, -0.2) is 9.97 Å². The molecule has 31 heteroatoms. The topological polar surface area (TPSA) is 306 Å². The number of nitro benzene ring substituents is 2. The number of aromatic nitrogens is 4. The van der Waals surface area contributed by atoms with E-state index < -0.39 is 35.6 Å². The van der Waals surface area contributed by atoms with Gasteiger partial charge in [0.2, 0.25) is 17.7 Å². The first-order chi connectivity index (χ1) is 36.8. The maximum absolute atomic E-state index is 13.9. The van der Waals surface area contributed by atoms with Crippen LogP contribution in [0.3, 0.4) is 0 Å². The molecule has 5 N–H and O–H groups in total. The first kappa shape index (κ1) is 74.2. The van der Waals surface area contributed by atoms with Gasteiger partial charge in [-0.3, -0.25) is 25.0 Å². The molecule has 0 radical (unpaired) electrons. The van der Waals surface area contributed by atoms with Crippen LogP contribution in [0.15, 0.2) is 85.2 Å². The molecule has 0 aliphatic rings. The number of likely N-dealkylation sites (N-methyl/N-ethyl adjacent to an activating group) is 2. The van der Waals surface area contributed by atoms with Crippen LogP contribution in [-0.4, -0.2) is 142 Å². The van der Waals surface area contributed by atoms with Crippen LogP contribution in [-0.2, 0) is 25.2 Å². The van der Waals surface area contributed by atoms with E-state index in [9.17, 15) is 33.7 Å². The Morgan fingerprint density at radius 3 is 1.46 bits per heavy atom. The van der Waals surface area contributed by atoms with Crippen LogP contribution in [0.25, 0.3) is 0 Å². The minimum Gasteiger partial charge on any atom is -1.00 e. The number of para-hydroxylation sites is 2. The summed E-state index contributed by atoms with van der Waals surface area (Å²) in [6.07, 6.45) is 4.04. The zero-order valence-electron chi connectivity index (χ0n) is 47.8. The van der Waals surface area contributed by atoms with Crippen LogP contribution in [0.2, 0.25) is 10.0 Å². The third-order valence-electron chi connectivity index (χ3n) is 10.4. The predicted octanol–water partition coefficient (Wildman–Crippen LogP) is 2.52. The average molecular weight is 1240 g/mol. The molecule has 4 aromatic carbocycles. The Balaban J connectivity index is 0.00000130. The van der Waals surface area contributed by atoms with E-state index in [1.165, 1.54) is 32.7 Å². The molecule has 0 aliphatic heterocycles. The summed E-state index contributed by atoms with van der Waals surface area (Å²) in [5.74, 6) is 0.117. The number of nitro groups is 2. The van der Waals surface area contributed by atoms with Crippen molar-refractivity contribution in [2.75, 3.05) is 117 Å². The summed E-state index contributed by atoms with van der Waals surface area (Å²) >= 11 is 12.5. The molecule has 80 heavy (non-hydrogen) atoms. The van der Waals surface area contributed by atoms with Crippen molar-refractivity contribution in [2.24, 2.45) is 0 Å². The van der Waals surface area contributed by atoms with Crippen molar-refractivity contribution < 1.29 is 152 Å². The fraction of sp³-hybridized carbons (Fsp3) is 0.327. The van der Waals surface area contributed by atoms with Crippen LogP contribution < -0.4 is 155 Å². The number of methoxy groups -OCH3 is 2. The second-order valence-electron chi connectivity index (χ2n) is 17.7. The van der Waals surface area contributed by atoms with E-state index in [1.807, 2.05) is 38.2 Å². The van der Waals surface area contributed by atoms with Crippen LogP contribution in [0.5, 0.6) is 11.5 Å². The third kappa shape index (κ3) is 24.6. The van der Waals surface area contributed by atoms with Crippen molar-refractivity contribution in [3.05, 3.63) is 127 Å². The SMILES string of the molecule is CNCCN(C)C.COc1cc(CCCN(C)C)c([N+](=O)[O-])cc1Nc1ncc(Cl)c(Nc2ccccc2P(C)(C)=O)n1.COc1cc(F)c([N+](=O)[O-])cc1Nc1ncc(Cl)c(Nc2ccccc2P(C)(C)=O)n1.O=CO[O-].[H-].[K+].[K+]. The maximum atomic E-state index is 13.9. The number of aryl methyl sites for hydroxylation is 1. The van der Waals surface area contributed by atoms with Gasteiger partial charge in [0.15, 0.2) is 11.6 Å². The molecule has 0 fully saturated rings. The number of anilines is 8. The van der Waals surface area contributed by atoms with E-state index in [0.717, 1.165) is 38.2 Å². The Morgan fingerprint density at radius 2 is 1.10 bits per heavy atom. The van der Waals surface area contributed by atoms with E-state index >= 15 is 0 Å². The molecule has 0 aliphatic carbocycles. The molecule has 0 bridgehead atoms. The molecule has 0 saturated carbocycles. The van der Waals surface area contributed by atoms with E-state index in [1.54, 1.807) is 69.1 Å². The van der Waals surface area contributed by atoms with Gasteiger partial charge in [-0.1, -0.05) is 47.5 Å². The minimum atomic E-state index is -2.59. The molecule has 24 nitrogen and oxygen atoms in total. The van der Waals surface area contributed by atoms with Gasteiger partial charge in [0.05, 0.1) is 59.2 Å². The summed E-state index contributed by atoms with van der Waals surface area (Å²) in [7, 11) is 7.65. The molecule has 6 aromatic rings. The fourth-order valence-electron chi connectivity index (χ4n) is 6.74. The normalized spacial score (nSPS) is 10.6. The second-order valence-corrected chi connectivity index (χ2v) is 24.9. The molecule has 0 atom stereocenters. The molecule has 0 unspecified atom stereocenters. The van der Waals surface area contributed by atoms with Gasteiger partial charge >= 0.3 is 108 Å². The van der Waals surface area contributed by atoms with Crippen LogP contribution in [0.4, 0.5) is 62.0 Å². The smallest absolute Gasteiger partial charge is 1.00 e. The van der Waals surface area contributed by atoms with Gasteiger partial charge in [0.1, 0.15) is 35.8 Å². The fourth-order valence-corrected chi connectivity index (χ4v) is 9.33. The Labute approximate surface area is 560 Å². The zero-order chi connectivity index (χ0) is 58.3. The minimum absolute atomic E-state index is 0. The number of hydrogen-bond acceptors (Lipinski definition) is 22. The number of nitrogens with one attached hydrogen (secondary N) is 5. The van der Waals surface area contributed by atoms with Crippen molar-refractivity contribution in [3.63, 3.8) is 0 Å². The van der Waals surface area contributed by atoms with Crippen molar-refractivity contribution in [1.29, 1.82) is 0 Å². The number of ether oxygens (including phenoxy) is 2. The largest absolute Gasteiger partial charge is 1.00 e. The summed E-state index contributed by atoms with van der Waals surface area (Å²) in [6, 6.07) is 19.2. The molecule has 6 rings (SSSR count). The maximum Gasteiger partial charge on any atom is 1.00 e. The first-order valence-electron chi connectivity index (χ1n) is 23.2. The summed E-state index contributed by atoms with van der Waals surface area (Å²) in [6.45, 7) is 9.49. The number of rotatable bonds is 22. The quantitative estimate of drug-likeness (QED) is 0.0163. The number of carbonyl (C=O) groups is 1. The van der Waals surface area contributed by atoms with Crippen LogP contribution in [0, 0.1) is 26.0 Å². The number of halogens is 3. The molecular weight excluding hydrogens is 1180 g/mol. The van der Waals surface area contributed by atoms with E-state index in [4.69, 9.17) is 42.7 Å². The third-order valence-corrected chi connectivity index (χ3v) is 14.1. The Hall–Kier alpha value is -3.81. The zero-order valence-corrected chi connectivity index (χ0v) is 56.3. The van der Waals surface area contributed by atoms with Crippen LogP contribution >= 0.6 is 37.5 Å². The molecule has 424 valence electrons. The van der Waals surface area contributed by atoms with Gasteiger partial charge in [0.25, 0.3) is 12.2 Å². The first-order valence-corrected chi connectivity index (χ1v) is 29.2. The summed E-state index contributed by atoms with van der Waals surface area (Å²) in [5.41, 5.74) is 1.47. The van der Waals surface area contributed by atoms with Crippen LogP contribution in [0.1, 0.15) is 13.4 Å². The van der Waals surface area contributed by atoms with Gasteiger partial charge in [-0.05, 0) is 112 Å². The Kier molecular flexibility index (Phi) is 34.0. The van der Waals surface area contributed by atoms with Gasteiger partial charge in [0, 0.05) is 47.5 Å². The number of hydrogen-bond donors (Lipinski definition) is 5. The van der Waals surface area contributed by atoms with Gasteiger partial charge < -0.3 is 66.6 Å². The van der Waals surface area contributed by atoms with Crippen molar-refractivity contribution in [2.45, 2.75) is 12.8 Å². The average Bonchev–Trinajstić information content (AvgIpc) is 3.39. The monoisotopic (exact) mass is 1240 g/mol. The summed E-state index contributed by atoms with van der Waals surface area (Å²) < 4.78 is 49.8. The number of carbonyl (C=O) groups excluding carboxylic acids is 1. The standard InChI is InChI=1S/C24H30ClN6O4P.C19H18ClFN5O4P.C5H14N2.CH2O3.2K.H/c1-30(2)12-8-9-16-13-21(35-3)19(14-20(16)31(32)33)28-24-26-15-17(25)23(29-24)27-18-10-6-7-11-22(18)36(4,5)34;1-30-16-8-12(21)15(26(27)28)9-14(16)24-19-22-10-11(20)18(25-19)23-13-6-4-5-7-17(13)31(2,3)29;1-6-4-5-7(2)3;2-1-4-3;;;/h6-7,10-11,13-15H,8-9,12H2,1-5H3,(H2,26,27,28,29);4-10H,1-3H3,(H2,22,23,24,25);6H,4-5H2,1-3H3;1,3H;;;/q;;;;2*+1;-1/p-1. The molecule has 2 aromatic heterocycles. The van der Waals surface area contributed by atoms with Crippen molar-refractivity contribution in [1.82, 2.24) is 35.1 Å². The van der Waals surface area contributed by atoms with Gasteiger partial charge in [-0.15, -0.1) is 0 Å². The van der Waals surface area contributed by atoms with Crippen molar-refractivity contribution in [3.8, 4) is 11.5 Å². The molecule has 0 spiro atoms. The molecular formula is C49H64Cl2FK2N13O11P2. The summed E-state index contributed by atoms with van der Waals surface area (Å²) in [5, 5.41) is 48.0. The summed E-state index contributed by atoms with van der Waals surface area (Å²) in [4.78, 5) is 54.0. The van der Waals surface area contributed by atoms with E-state index in [-0.39, 0.29) is 156 Å². The van der Waals surface area contributed by atoms with Crippen molar-refractivity contribution >= 4 is 112 Å². The van der Waals surface area contributed by atoms with Gasteiger partial charge in [-0.2, -0.15) is 14.4 Å². The molecule has 2 heterocycles. The van der Waals surface area contributed by atoms with E-state index in [0.29, 0.717) is 51.2 Å². The Bertz CT molecular complexity index is 3100. The molecule has 0 saturated heterocycles. The number of nitrogens with zero attached hydrogens (tertiary/aromatic N) is 8.